The summed E-state index contributed by atoms with van der Waals surface area (Å²) in [6.45, 7) is 1.69. The first-order valence-corrected chi connectivity index (χ1v) is 4.48. The number of azo groups is 1. The summed E-state index contributed by atoms with van der Waals surface area (Å²) in [4.78, 5) is 3.87. The smallest absolute Gasteiger partial charge is 0.311 e. The third kappa shape index (κ3) is 2.14. The van der Waals surface area contributed by atoms with Crippen molar-refractivity contribution in [2.24, 2.45) is 15.3 Å². The summed E-state index contributed by atoms with van der Waals surface area (Å²) in [6, 6.07) is 6.99. The number of para-hydroxylation sites is 1. The molecule has 0 aliphatic carbocycles. The predicted octanol–water partition coefficient (Wildman–Crippen LogP) is 3.46. The lowest BCUT2D eigenvalue weighted by atomic mass is 10.3. The normalized spacial score (nSPS) is 10.8. The minimum atomic E-state index is 0.0808. The Morgan fingerprint density at radius 1 is 1.19 bits per heavy atom. The van der Waals surface area contributed by atoms with E-state index in [1.165, 1.54) is 0 Å². The van der Waals surface area contributed by atoms with Crippen LogP contribution in [0.15, 0.2) is 44.1 Å². The molecule has 0 spiro atoms. The van der Waals surface area contributed by atoms with Gasteiger partial charge >= 0.3 is 6.01 Å². The van der Waals surface area contributed by atoms with E-state index in [-0.39, 0.29) is 6.01 Å². The molecule has 2 aromatic rings. The number of benzene rings is 1. The number of nitrogens with one attached hydrogen (secondary N) is 1. The Morgan fingerprint density at radius 2 is 1.94 bits per heavy atom. The summed E-state index contributed by atoms with van der Waals surface area (Å²) in [6.07, 6.45) is 0. The molecule has 0 radical (unpaired) electrons. The fraction of sp³-hybridized carbons (Fsp3) is 0.111. The van der Waals surface area contributed by atoms with Crippen molar-refractivity contribution in [1.29, 1.82) is 5.53 Å². The Morgan fingerprint density at radius 3 is 2.56 bits per heavy atom. The van der Waals surface area contributed by atoms with E-state index in [4.69, 9.17) is 10.1 Å². The number of hydrogen-bond donors (Lipinski definition) is 1. The lowest BCUT2D eigenvalue weighted by molar-refractivity contribution is 0.421. The third-order valence-electron chi connectivity index (χ3n) is 1.76. The van der Waals surface area contributed by atoms with Crippen LogP contribution >= 0.6 is 0 Å². The monoisotopic (exact) mass is 216 g/mol. The molecule has 0 fully saturated rings. The molecule has 0 bridgehead atoms. The highest BCUT2D eigenvalue weighted by Gasteiger charge is 2.01. The Bertz CT molecular complexity index is 532. The Labute approximate surface area is 90.7 Å². The van der Waals surface area contributed by atoms with Gasteiger partial charge in [-0.2, -0.15) is 10.1 Å². The van der Waals surface area contributed by atoms with Crippen molar-refractivity contribution in [3.8, 4) is 0 Å². The van der Waals surface area contributed by atoms with Gasteiger partial charge < -0.3 is 4.52 Å². The molecule has 0 amide bonds. The minimum absolute atomic E-state index is 0.0808. The van der Waals surface area contributed by atoms with Gasteiger partial charge in [-0.05, 0) is 19.1 Å². The molecule has 1 heterocycles. The van der Waals surface area contributed by atoms with E-state index < -0.39 is 0 Å². The van der Waals surface area contributed by atoms with Crippen LogP contribution in [0.2, 0.25) is 0 Å². The summed E-state index contributed by atoms with van der Waals surface area (Å²) in [5.74, 6) is 0.493. The van der Waals surface area contributed by atoms with Gasteiger partial charge in [-0.3, -0.25) is 0 Å². The van der Waals surface area contributed by atoms with Gasteiger partial charge in [0.05, 0.1) is 0 Å². The van der Waals surface area contributed by atoms with E-state index in [9.17, 15) is 0 Å². The minimum Gasteiger partial charge on any atom is -0.311 e. The van der Waals surface area contributed by atoms with Crippen molar-refractivity contribution < 1.29 is 4.52 Å². The SMILES string of the molecule is Cc1noc(N=Nc2ccccc2N=N)n1. The quantitative estimate of drug-likeness (QED) is 0.795. The van der Waals surface area contributed by atoms with Gasteiger partial charge in [-0.1, -0.05) is 22.4 Å². The zero-order valence-electron chi connectivity index (χ0n) is 8.45. The van der Waals surface area contributed by atoms with E-state index in [1.54, 1.807) is 31.2 Å². The number of aryl methyl sites for hydroxylation is 1. The van der Waals surface area contributed by atoms with Crippen molar-refractivity contribution >= 4 is 17.4 Å². The number of aromatic nitrogens is 2. The highest BCUT2D eigenvalue weighted by Crippen LogP contribution is 2.28. The van der Waals surface area contributed by atoms with Crippen LogP contribution in [0.25, 0.3) is 0 Å². The van der Waals surface area contributed by atoms with Gasteiger partial charge in [0.2, 0.25) is 0 Å². The van der Waals surface area contributed by atoms with E-state index >= 15 is 0 Å². The fourth-order valence-electron chi connectivity index (χ4n) is 1.07. The molecule has 0 unspecified atom stereocenters. The number of hydrogen-bond acceptors (Lipinski definition) is 7. The summed E-state index contributed by atoms with van der Waals surface area (Å²) < 4.78 is 4.76. The molecule has 0 aliphatic rings. The molecule has 1 aromatic heterocycles. The fourth-order valence-corrected chi connectivity index (χ4v) is 1.07. The lowest BCUT2D eigenvalue weighted by Gasteiger charge is -1.93. The van der Waals surface area contributed by atoms with E-state index in [1.807, 2.05) is 0 Å². The summed E-state index contributed by atoms with van der Waals surface area (Å²) in [5, 5.41) is 14.5. The van der Waals surface area contributed by atoms with Crippen LogP contribution in [-0.4, -0.2) is 10.1 Å². The Hall–Kier alpha value is -2.44. The Kier molecular flexibility index (Phi) is 2.77. The number of nitrogens with zero attached hydrogens (tertiary/aromatic N) is 5. The predicted molar refractivity (Wildman–Crippen MR) is 54.5 cm³/mol. The highest BCUT2D eigenvalue weighted by atomic mass is 16.5. The molecule has 7 heteroatoms. The molecule has 7 nitrogen and oxygen atoms in total. The van der Waals surface area contributed by atoms with Crippen molar-refractivity contribution in [3.63, 3.8) is 0 Å². The van der Waals surface area contributed by atoms with Crippen LogP contribution in [0.5, 0.6) is 0 Å². The highest BCUT2D eigenvalue weighted by molar-refractivity contribution is 5.60. The van der Waals surface area contributed by atoms with Crippen LogP contribution in [0, 0.1) is 12.5 Å². The molecular weight excluding hydrogens is 208 g/mol. The maximum absolute atomic E-state index is 6.94. The molecule has 0 saturated carbocycles. The number of rotatable bonds is 3. The molecule has 0 atom stereocenters. The third-order valence-corrected chi connectivity index (χ3v) is 1.76. The van der Waals surface area contributed by atoms with Crippen molar-refractivity contribution in [2.45, 2.75) is 6.92 Å². The molecule has 16 heavy (non-hydrogen) atoms. The molecule has 0 aliphatic heterocycles. The van der Waals surface area contributed by atoms with Crippen molar-refractivity contribution in [3.05, 3.63) is 30.1 Å². The van der Waals surface area contributed by atoms with Crippen LogP contribution in [0.3, 0.4) is 0 Å². The summed E-state index contributed by atoms with van der Waals surface area (Å²) in [5.41, 5.74) is 7.86. The second-order valence-electron chi connectivity index (χ2n) is 2.92. The average Bonchev–Trinajstić information content (AvgIpc) is 2.73. The topological polar surface area (TPSA) is 99.9 Å². The van der Waals surface area contributed by atoms with Crippen LogP contribution in [0.4, 0.5) is 17.4 Å². The van der Waals surface area contributed by atoms with Crippen LogP contribution < -0.4 is 0 Å². The first kappa shape index (κ1) is 10.1. The maximum Gasteiger partial charge on any atom is 0.366 e. The maximum atomic E-state index is 6.94. The van der Waals surface area contributed by atoms with E-state index in [2.05, 4.69) is 25.5 Å². The van der Waals surface area contributed by atoms with Gasteiger partial charge in [-0.15, -0.1) is 5.11 Å². The molecule has 1 N–H and O–H groups in total. The van der Waals surface area contributed by atoms with E-state index in [0.29, 0.717) is 17.2 Å². The van der Waals surface area contributed by atoms with Gasteiger partial charge in [0, 0.05) is 0 Å². The van der Waals surface area contributed by atoms with Crippen LogP contribution in [0.1, 0.15) is 5.82 Å². The second-order valence-corrected chi connectivity index (χ2v) is 2.92. The zero-order valence-corrected chi connectivity index (χ0v) is 8.45. The molecular formula is C9H8N6O. The largest absolute Gasteiger partial charge is 0.366 e. The van der Waals surface area contributed by atoms with Gasteiger partial charge in [0.15, 0.2) is 5.82 Å². The van der Waals surface area contributed by atoms with Gasteiger partial charge in [-0.25, -0.2) is 5.53 Å². The molecule has 80 valence electrons. The summed E-state index contributed by atoms with van der Waals surface area (Å²) in [7, 11) is 0. The standard InChI is InChI=1S/C9H8N6O/c1-6-11-9(16-15-6)14-13-8-5-3-2-4-7(8)12-10/h2-5,10H,1H3. The van der Waals surface area contributed by atoms with Gasteiger partial charge in [0.1, 0.15) is 11.4 Å². The van der Waals surface area contributed by atoms with Crippen molar-refractivity contribution in [2.75, 3.05) is 0 Å². The molecule has 2 rings (SSSR count). The zero-order chi connectivity index (χ0) is 11.4. The first-order valence-electron chi connectivity index (χ1n) is 4.48. The Balaban J connectivity index is 2.26. The lowest BCUT2D eigenvalue weighted by Crippen LogP contribution is -1.69. The van der Waals surface area contributed by atoms with E-state index in [0.717, 1.165) is 0 Å². The summed E-state index contributed by atoms with van der Waals surface area (Å²) >= 11 is 0. The molecule has 1 aromatic carbocycles. The van der Waals surface area contributed by atoms with Crippen molar-refractivity contribution in [1.82, 2.24) is 10.1 Å². The van der Waals surface area contributed by atoms with Crippen LogP contribution in [-0.2, 0) is 0 Å². The average molecular weight is 216 g/mol. The second kappa shape index (κ2) is 4.39. The first-order chi connectivity index (χ1) is 7.79. The molecule has 0 saturated heterocycles. The van der Waals surface area contributed by atoms with Gasteiger partial charge in [0.25, 0.3) is 0 Å².